The second-order valence-corrected chi connectivity index (χ2v) is 5.10. The first kappa shape index (κ1) is 13.6. The summed E-state index contributed by atoms with van der Waals surface area (Å²) >= 11 is 0. The topological polar surface area (TPSA) is 75.4 Å². The predicted octanol–water partition coefficient (Wildman–Crippen LogP) is 0.655. The van der Waals surface area contributed by atoms with Crippen molar-refractivity contribution in [1.82, 2.24) is 14.7 Å². The summed E-state index contributed by atoms with van der Waals surface area (Å²) < 4.78 is 1.75. The molecule has 1 heterocycles. The number of carboxylic acids is 1. The second-order valence-electron chi connectivity index (χ2n) is 5.10. The maximum atomic E-state index is 12.3. The quantitative estimate of drug-likeness (QED) is 0.848. The number of carbonyl (C=O) groups excluding carboxylic acids is 1. The average molecular weight is 265 g/mol. The van der Waals surface area contributed by atoms with Crippen molar-refractivity contribution >= 4 is 11.9 Å². The molecule has 19 heavy (non-hydrogen) atoms. The third kappa shape index (κ3) is 2.94. The number of hydrogen-bond donors (Lipinski definition) is 1. The number of aryl methyl sites for hydroxylation is 2. The van der Waals surface area contributed by atoms with Crippen molar-refractivity contribution in [2.24, 2.45) is 7.05 Å². The lowest BCUT2D eigenvalue weighted by atomic mass is 10.1. The van der Waals surface area contributed by atoms with Crippen molar-refractivity contribution < 1.29 is 14.7 Å². The molecule has 0 aliphatic heterocycles. The highest BCUT2D eigenvalue weighted by Gasteiger charge is 2.34. The maximum Gasteiger partial charge on any atom is 0.323 e. The van der Waals surface area contributed by atoms with Crippen LogP contribution in [0.3, 0.4) is 0 Å². The van der Waals surface area contributed by atoms with Gasteiger partial charge in [0, 0.05) is 24.3 Å². The van der Waals surface area contributed by atoms with Gasteiger partial charge in [-0.2, -0.15) is 5.10 Å². The number of carbonyl (C=O) groups is 2. The predicted molar refractivity (Wildman–Crippen MR) is 68.8 cm³/mol. The SMILES string of the molecule is Cc1nn(C)c(C)c1CC(=O)N(CC(=O)O)C1CC1. The Labute approximate surface area is 112 Å². The van der Waals surface area contributed by atoms with Gasteiger partial charge in [-0.05, 0) is 26.7 Å². The lowest BCUT2D eigenvalue weighted by Gasteiger charge is -2.20. The number of aliphatic carboxylic acids is 1. The standard InChI is InChI=1S/C13H19N3O3/c1-8-11(9(2)15(3)14-8)6-12(17)16(7-13(18)19)10-4-5-10/h10H,4-7H2,1-3H3,(H,18,19). The summed E-state index contributed by atoms with van der Waals surface area (Å²) in [5, 5.41) is 13.2. The Morgan fingerprint density at radius 2 is 2.05 bits per heavy atom. The molecule has 0 bridgehead atoms. The van der Waals surface area contributed by atoms with Crippen LogP contribution in [-0.2, 0) is 23.1 Å². The third-order valence-electron chi connectivity index (χ3n) is 3.60. The Hall–Kier alpha value is -1.85. The molecule has 6 nitrogen and oxygen atoms in total. The molecular weight excluding hydrogens is 246 g/mol. The zero-order valence-electron chi connectivity index (χ0n) is 11.5. The molecule has 1 aliphatic rings. The van der Waals surface area contributed by atoms with E-state index in [2.05, 4.69) is 5.10 Å². The summed E-state index contributed by atoms with van der Waals surface area (Å²) in [5.41, 5.74) is 2.69. The van der Waals surface area contributed by atoms with Gasteiger partial charge in [-0.25, -0.2) is 0 Å². The van der Waals surface area contributed by atoms with Gasteiger partial charge in [-0.1, -0.05) is 0 Å². The lowest BCUT2D eigenvalue weighted by molar-refractivity contribution is -0.144. The normalized spacial score (nSPS) is 14.5. The Balaban J connectivity index is 2.12. The van der Waals surface area contributed by atoms with E-state index in [0.717, 1.165) is 29.8 Å². The number of nitrogens with zero attached hydrogens (tertiary/aromatic N) is 3. The summed E-state index contributed by atoms with van der Waals surface area (Å²) in [5.74, 6) is -1.08. The van der Waals surface area contributed by atoms with E-state index >= 15 is 0 Å². The number of rotatable bonds is 5. The molecule has 1 aromatic heterocycles. The zero-order chi connectivity index (χ0) is 14.2. The van der Waals surface area contributed by atoms with Gasteiger partial charge in [0.2, 0.25) is 5.91 Å². The Morgan fingerprint density at radius 1 is 1.42 bits per heavy atom. The highest BCUT2D eigenvalue weighted by atomic mass is 16.4. The van der Waals surface area contributed by atoms with Crippen LogP contribution >= 0.6 is 0 Å². The first-order valence-corrected chi connectivity index (χ1v) is 6.40. The molecule has 0 atom stereocenters. The summed E-state index contributed by atoms with van der Waals surface area (Å²) in [6.07, 6.45) is 2.04. The number of carboxylic acid groups (broad SMARTS) is 1. The molecule has 0 unspecified atom stereocenters. The first-order chi connectivity index (χ1) is 8.90. The summed E-state index contributed by atoms with van der Waals surface area (Å²) in [6.45, 7) is 3.58. The average Bonchev–Trinajstić information content (AvgIpc) is 3.11. The van der Waals surface area contributed by atoms with Gasteiger partial charge in [0.25, 0.3) is 0 Å². The van der Waals surface area contributed by atoms with E-state index < -0.39 is 5.97 Å². The van der Waals surface area contributed by atoms with Crippen molar-refractivity contribution in [1.29, 1.82) is 0 Å². The number of aromatic nitrogens is 2. The van der Waals surface area contributed by atoms with Crippen LogP contribution in [0.15, 0.2) is 0 Å². The van der Waals surface area contributed by atoms with Crippen LogP contribution in [0.25, 0.3) is 0 Å². The number of amides is 1. The van der Waals surface area contributed by atoms with E-state index in [-0.39, 0.29) is 24.9 Å². The molecule has 1 aromatic rings. The van der Waals surface area contributed by atoms with E-state index in [4.69, 9.17) is 5.11 Å². The molecule has 2 rings (SSSR count). The van der Waals surface area contributed by atoms with Crippen molar-refractivity contribution in [2.75, 3.05) is 6.54 Å². The van der Waals surface area contributed by atoms with E-state index in [0.29, 0.717) is 0 Å². The van der Waals surface area contributed by atoms with Crippen LogP contribution < -0.4 is 0 Å². The molecule has 0 spiro atoms. The largest absolute Gasteiger partial charge is 0.480 e. The van der Waals surface area contributed by atoms with Crippen LogP contribution in [-0.4, -0.2) is 44.3 Å². The molecule has 1 aliphatic carbocycles. The molecule has 6 heteroatoms. The van der Waals surface area contributed by atoms with Crippen molar-refractivity contribution in [3.63, 3.8) is 0 Å². The van der Waals surface area contributed by atoms with Crippen LogP contribution in [0.4, 0.5) is 0 Å². The first-order valence-electron chi connectivity index (χ1n) is 6.40. The molecule has 1 fully saturated rings. The smallest absolute Gasteiger partial charge is 0.323 e. The van der Waals surface area contributed by atoms with E-state index in [1.54, 1.807) is 4.68 Å². The van der Waals surface area contributed by atoms with Gasteiger partial charge in [0.1, 0.15) is 6.54 Å². The highest BCUT2D eigenvalue weighted by Crippen LogP contribution is 2.27. The monoisotopic (exact) mass is 265 g/mol. The van der Waals surface area contributed by atoms with Gasteiger partial charge in [0.05, 0.1) is 12.1 Å². The maximum absolute atomic E-state index is 12.3. The van der Waals surface area contributed by atoms with Gasteiger partial charge in [-0.15, -0.1) is 0 Å². The minimum absolute atomic E-state index is 0.112. The minimum atomic E-state index is -0.958. The minimum Gasteiger partial charge on any atom is -0.480 e. The third-order valence-corrected chi connectivity index (χ3v) is 3.60. The molecule has 1 amide bonds. The molecule has 0 saturated heterocycles. The van der Waals surface area contributed by atoms with Gasteiger partial charge in [0.15, 0.2) is 0 Å². The molecule has 0 aromatic carbocycles. The summed E-state index contributed by atoms with van der Waals surface area (Å²) in [6, 6.07) is 0.112. The van der Waals surface area contributed by atoms with E-state index in [9.17, 15) is 9.59 Å². The summed E-state index contributed by atoms with van der Waals surface area (Å²) in [7, 11) is 1.84. The fraction of sp³-hybridized carbons (Fsp3) is 0.615. The second kappa shape index (κ2) is 5.03. The molecule has 104 valence electrons. The van der Waals surface area contributed by atoms with Crippen LogP contribution in [0.2, 0.25) is 0 Å². The molecular formula is C13H19N3O3. The fourth-order valence-electron chi connectivity index (χ4n) is 2.28. The van der Waals surface area contributed by atoms with Crippen LogP contribution in [0.5, 0.6) is 0 Å². The Kier molecular flexibility index (Phi) is 3.59. The van der Waals surface area contributed by atoms with Crippen molar-refractivity contribution in [3.8, 4) is 0 Å². The zero-order valence-corrected chi connectivity index (χ0v) is 11.5. The van der Waals surface area contributed by atoms with E-state index in [1.807, 2.05) is 20.9 Å². The van der Waals surface area contributed by atoms with E-state index in [1.165, 1.54) is 4.90 Å². The van der Waals surface area contributed by atoms with Gasteiger partial charge >= 0.3 is 5.97 Å². The van der Waals surface area contributed by atoms with Crippen LogP contribution in [0.1, 0.15) is 29.8 Å². The molecule has 0 radical (unpaired) electrons. The summed E-state index contributed by atoms with van der Waals surface area (Å²) in [4.78, 5) is 24.6. The molecule has 1 N–H and O–H groups in total. The Bertz CT molecular complexity index is 517. The van der Waals surface area contributed by atoms with Gasteiger partial charge in [-0.3, -0.25) is 14.3 Å². The van der Waals surface area contributed by atoms with Gasteiger partial charge < -0.3 is 10.0 Å². The fourth-order valence-corrected chi connectivity index (χ4v) is 2.28. The van der Waals surface area contributed by atoms with Crippen molar-refractivity contribution in [3.05, 3.63) is 17.0 Å². The highest BCUT2D eigenvalue weighted by molar-refractivity contribution is 5.84. The van der Waals surface area contributed by atoms with Crippen LogP contribution in [0, 0.1) is 13.8 Å². The Morgan fingerprint density at radius 3 is 2.47 bits per heavy atom. The molecule has 1 saturated carbocycles. The van der Waals surface area contributed by atoms with Crippen molar-refractivity contribution in [2.45, 2.75) is 39.2 Å². The lowest BCUT2D eigenvalue weighted by Crippen LogP contribution is -2.38. The number of hydrogen-bond acceptors (Lipinski definition) is 3.